The van der Waals surface area contributed by atoms with Crippen molar-refractivity contribution < 1.29 is 9.90 Å². The van der Waals surface area contributed by atoms with E-state index in [1.54, 1.807) is 0 Å². The highest BCUT2D eigenvalue weighted by Gasteiger charge is 2.33. The molecular weight excluding hydrogens is 178 g/mol. The molecule has 0 bridgehead atoms. The van der Waals surface area contributed by atoms with Crippen molar-refractivity contribution in [3.8, 4) is 0 Å². The largest absolute Gasteiger partial charge is 0.480 e. The Morgan fingerprint density at radius 1 is 1.07 bits per heavy atom. The molecular formula is C11H19NO2. The van der Waals surface area contributed by atoms with Crippen molar-refractivity contribution in [2.24, 2.45) is 5.92 Å². The summed E-state index contributed by atoms with van der Waals surface area (Å²) in [7, 11) is 0. The first-order valence-electron chi connectivity index (χ1n) is 5.76. The molecule has 0 unspecified atom stereocenters. The maximum Gasteiger partial charge on any atom is 0.320 e. The predicted octanol–water partition coefficient (Wildman–Crippen LogP) is 1.77. The Morgan fingerprint density at radius 2 is 1.79 bits per heavy atom. The van der Waals surface area contributed by atoms with Crippen molar-refractivity contribution in [2.75, 3.05) is 0 Å². The van der Waals surface area contributed by atoms with Gasteiger partial charge in [-0.3, -0.25) is 4.79 Å². The highest BCUT2D eigenvalue weighted by molar-refractivity contribution is 5.73. The van der Waals surface area contributed by atoms with E-state index < -0.39 is 5.97 Å². The lowest BCUT2D eigenvalue weighted by Gasteiger charge is -2.27. The third-order valence-corrected chi connectivity index (χ3v) is 3.70. The molecule has 0 aromatic rings. The summed E-state index contributed by atoms with van der Waals surface area (Å²) in [5, 5.41) is 12.1. The molecule has 1 saturated heterocycles. The maximum atomic E-state index is 10.8. The predicted molar refractivity (Wildman–Crippen MR) is 54.2 cm³/mol. The van der Waals surface area contributed by atoms with Crippen LogP contribution in [0.25, 0.3) is 0 Å². The third-order valence-electron chi connectivity index (χ3n) is 3.70. The molecule has 0 aromatic carbocycles. The molecule has 0 radical (unpaired) electrons. The van der Waals surface area contributed by atoms with Crippen molar-refractivity contribution >= 4 is 5.97 Å². The minimum atomic E-state index is -0.677. The van der Waals surface area contributed by atoms with E-state index in [2.05, 4.69) is 5.32 Å². The van der Waals surface area contributed by atoms with E-state index in [4.69, 9.17) is 5.11 Å². The van der Waals surface area contributed by atoms with Crippen molar-refractivity contribution in [3.05, 3.63) is 0 Å². The zero-order valence-corrected chi connectivity index (χ0v) is 8.54. The average Bonchev–Trinajstić information content (AvgIpc) is 2.68. The fourth-order valence-corrected chi connectivity index (χ4v) is 2.87. The van der Waals surface area contributed by atoms with Crippen LogP contribution in [0.5, 0.6) is 0 Å². The van der Waals surface area contributed by atoms with E-state index in [0.717, 1.165) is 18.8 Å². The van der Waals surface area contributed by atoms with Gasteiger partial charge in [-0.1, -0.05) is 19.3 Å². The van der Waals surface area contributed by atoms with Gasteiger partial charge in [0.2, 0.25) is 0 Å². The van der Waals surface area contributed by atoms with E-state index in [1.165, 1.54) is 32.1 Å². The highest BCUT2D eigenvalue weighted by atomic mass is 16.4. The molecule has 0 aromatic heterocycles. The summed E-state index contributed by atoms with van der Waals surface area (Å²) in [6.07, 6.45) is 8.50. The molecule has 2 N–H and O–H groups in total. The second-order valence-corrected chi connectivity index (χ2v) is 4.64. The molecule has 3 nitrogen and oxygen atoms in total. The van der Waals surface area contributed by atoms with E-state index in [-0.39, 0.29) is 6.04 Å². The van der Waals surface area contributed by atoms with Crippen molar-refractivity contribution in [3.63, 3.8) is 0 Å². The maximum absolute atomic E-state index is 10.8. The molecule has 3 heteroatoms. The summed E-state index contributed by atoms with van der Waals surface area (Å²) >= 11 is 0. The van der Waals surface area contributed by atoms with Crippen LogP contribution in [-0.2, 0) is 4.79 Å². The summed E-state index contributed by atoms with van der Waals surface area (Å²) in [6.45, 7) is 0. The Balaban J connectivity index is 1.85. The van der Waals surface area contributed by atoms with Gasteiger partial charge in [-0.15, -0.1) is 0 Å². The first-order chi connectivity index (χ1) is 6.77. The average molecular weight is 197 g/mol. The number of nitrogens with one attached hydrogen (secondary N) is 1. The van der Waals surface area contributed by atoms with Crippen LogP contribution in [0.15, 0.2) is 0 Å². The van der Waals surface area contributed by atoms with Gasteiger partial charge in [-0.05, 0) is 31.6 Å². The summed E-state index contributed by atoms with van der Waals surface area (Å²) in [5.41, 5.74) is 0. The number of aliphatic carboxylic acids is 1. The van der Waals surface area contributed by atoms with Gasteiger partial charge in [0.05, 0.1) is 0 Å². The van der Waals surface area contributed by atoms with Gasteiger partial charge in [0.25, 0.3) is 0 Å². The van der Waals surface area contributed by atoms with Crippen LogP contribution in [0.1, 0.15) is 44.9 Å². The van der Waals surface area contributed by atoms with Gasteiger partial charge < -0.3 is 10.4 Å². The molecule has 2 fully saturated rings. The summed E-state index contributed by atoms with van der Waals surface area (Å²) < 4.78 is 0. The molecule has 0 spiro atoms. The summed E-state index contributed by atoms with van der Waals surface area (Å²) in [5.74, 6) is 0.0661. The van der Waals surface area contributed by atoms with Gasteiger partial charge in [0.15, 0.2) is 0 Å². The monoisotopic (exact) mass is 197 g/mol. The minimum absolute atomic E-state index is 0.276. The first kappa shape index (κ1) is 9.97. The van der Waals surface area contributed by atoms with E-state index in [1.807, 2.05) is 0 Å². The molecule has 2 aliphatic rings. The first-order valence-corrected chi connectivity index (χ1v) is 5.76. The number of rotatable bonds is 2. The lowest BCUT2D eigenvalue weighted by Crippen LogP contribution is -2.39. The molecule has 1 aliphatic heterocycles. The molecule has 14 heavy (non-hydrogen) atoms. The second kappa shape index (κ2) is 4.30. The topological polar surface area (TPSA) is 49.3 Å². The minimum Gasteiger partial charge on any atom is -0.480 e. The van der Waals surface area contributed by atoms with Gasteiger partial charge in [-0.2, -0.15) is 0 Å². The zero-order valence-electron chi connectivity index (χ0n) is 8.54. The fourth-order valence-electron chi connectivity index (χ4n) is 2.87. The number of hydrogen-bond acceptors (Lipinski definition) is 2. The molecule has 1 saturated carbocycles. The van der Waals surface area contributed by atoms with Crippen LogP contribution >= 0.6 is 0 Å². The summed E-state index contributed by atoms with van der Waals surface area (Å²) in [6, 6.07) is 0.207. The van der Waals surface area contributed by atoms with Crippen LogP contribution < -0.4 is 5.32 Å². The molecule has 2 atom stereocenters. The Bertz CT molecular complexity index is 211. The fraction of sp³-hybridized carbons (Fsp3) is 0.909. The third kappa shape index (κ3) is 2.08. The zero-order chi connectivity index (χ0) is 9.97. The Morgan fingerprint density at radius 3 is 2.36 bits per heavy atom. The number of carboxylic acids is 1. The molecule has 1 aliphatic carbocycles. The van der Waals surface area contributed by atoms with Gasteiger partial charge in [-0.25, -0.2) is 0 Å². The van der Waals surface area contributed by atoms with Gasteiger partial charge >= 0.3 is 5.97 Å². The van der Waals surface area contributed by atoms with Crippen molar-refractivity contribution in [1.82, 2.24) is 5.32 Å². The normalized spacial score (nSPS) is 34.6. The molecule has 2 rings (SSSR count). The number of carboxylic acid groups (broad SMARTS) is 1. The van der Waals surface area contributed by atoms with Crippen LogP contribution in [0, 0.1) is 5.92 Å². The lowest BCUT2D eigenvalue weighted by molar-refractivity contribution is -0.139. The van der Waals surface area contributed by atoms with Crippen LogP contribution in [0.4, 0.5) is 0 Å². The molecule has 80 valence electrons. The number of carbonyl (C=O) groups is 1. The van der Waals surface area contributed by atoms with Crippen LogP contribution in [0.3, 0.4) is 0 Å². The van der Waals surface area contributed by atoms with Gasteiger partial charge in [0.1, 0.15) is 6.04 Å². The standard InChI is InChI=1S/C11H19NO2/c13-11(14)10-7-6-9(12-10)8-4-2-1-3-5-8/h8-10,12H,1-7H2,(H,13,14)/t9-,10-/m0/s1. The SMILES string of the molecule is O=C(O)[C@@H]1CC[C@@H](C2CCCCC2)N1. The van der Waals surface area contributed by atoms with Crippen molar-refractivity contribution in [1.29, 1.82) is 0 Å². The molecule has 0 amide bonds. The lowest BCUT2D eigenvalue weighted by atomic mass is 9.83. The van der Waals surface area contributed by atoms with Gasteiger partial charge in [0, 0.05) is 6.04 Å². The van der Waals surface area contributed by atoms with E-state index in [9.17, 15) is 4.79 Å². The highest BCUT2D eigenvalue weighted by Crippen LogP contribution is 2.31. The summed E-state index contributed by atoms with van der Waals surface area (Å²) in [4.78, 5) is 10.8. The quantitative estimate of drug-likeness (QED) is 0.709. The van der Waals surface area contributed by atoms with Crippen LogP contribution in [-0.4, -0.2) is 23.2 Å². The second-order valence-electron chi connectivity index (χ2n) is 4.64. The van der Waals surface area contributed by atoms with E-state index >= 15 is 0 Å². The smallest absolute Gasteiger partial charge is 0.320 e. The number of hydrogen-bond donors (Lipinski definition) is 2. The van der Waals surface area contributed by atoms with Crippen molar-refractivity contribution in [2.45, 2.75) is 57.0 Å². The molecule has 1 heterocycles. The Kier molecular flexibility index (Phi) is 3.06. The van der Waals surface area contributed by atoms with Crippen LogP contribution in [0.2, 0.25) is 0 Å². The van der Waals surface area contributed by atoms with E-state index in [0.29, 0.717) is 6.04 Å². The Labute approximate surface area is 84.9 Å². The Hall–Kier alpha value is -0.570.